The molecular weight excluding hydrogens is 661 g/mol. The van der Waals surface area contributed by atoms with Crippen LogP contribution in [0.3, 0.4) is 0 Å². The first-order valence-electron chi connectivity index (χ1n) is 15.9. The van der Waals surface area contributed by atoms with E-state index >= 15 is 0 Å². The van der Waals surface area contributed by atoms with Gasteiger partial charge in [0.2, 0.25) is 29.5 Å². The van der Waals surface area contributed by atoms with Crippen LogP contribution in [0.15, 0.2) is 84.0 Å². The molecular formula is C35H40FN9O6. The third-order valence-electron chi connectivity index (χ3n) is 7.91. The molecule has 4 aromatic rings. The van der Waals surface area contributed by atoms with Crippen molar-refractivity contribution in [2.24, 2.45) is 22.2 Å². The van der Waals surface area contributed by atoms with Crippen molar-refractivity contribution in [2.45, 2.75) is 50.4 Å². The Kier molecular flexibility index (Phi) is 12.7. The maximum Gasteiger partial charge on any atom is 0.245 e. The molecule has 4 atom stereocenters. The van der Waals surface area contributed by atoms with Crippen LogP contribution in [0, 0.1) is 5.82 Å². The van der Waals surface area contributed by atoms with Crippen LogP contribution < -0.4 is 38.5 Å². The van der Waals surface area contributed by atoms with Gasteiger partial charge in [0.15, 0.2) is 5.96 Å². The van der Waals surface area contributed by atoms with Crippen molar-refractivity contribution in [3.05, 3.63) is 102 Å². The number of aromatic amines is 1. The number of fused-ring (bicyclic) bond motifs is 1. The maximum atomic E-state index is 13.6. The van der Waals surface area contributed by atoms with Crippen molar-refractivity contribution in [3.8, 4) is 5.75 Å². The number of carbonyl (C=O) groups is 5. The van der Waals surface area contributed by atoms with Gasteiger partial charge in [0.05, 0.1) is 6.54 Å². The van der Waals surface area contributed by atoms with Crippen LogP contribution in [0.5, 0.6) is 5.75 Å². The van der Waals surface area contributed by atoms with E-state index in [4.69, 9.17) is 17.2 Å². The third-order valence-corrected chi connectivity index (χ3v) is 7.91. The number of nitrogens with two attached hydrogens (primary N) is 3. The van der Waals surface area contributed by atoms with Gasteiger partial charge in [-0.2, -0.15) is 0 Å². The van der Waals surface area contributed by atoms with Crippen LogP contribution in [0.4, 0.5) is 4.39 Å². The summed E-state index contributed by atoms with van der Waals surface area (Å²) >= 11 is 0. The number of phenols is 1. The fourth-order valence-corrected chi connectivity index (χ4v) is 5.25. The minimum Gasteiger partial charge on any atom is -0.508 e. The van der Waals surface area contributed by atoms with E-state index in [0.717, 1.165) is 10.9 Å². The lowest BCUT2D eigenvalue weighted by Gasteiger charge is -2.22. The Balaban J connectivity index is 1.40. The predicted molar refractivity (Wildman–Crippen MR) is 187 cm³/mol. The van der Waals surface area contributed by atoms with Crippen molar-refractivity contribution in [1.29, 1.82) is 0 Å². The maximum absolute atomic E-state index is 13.6. The zero-order valence-corrected chi connectivity index (χ0v) is 27.7. The van der Waals surface area contributed by atoms with E-state index in [1.807, 2.05) is 24.3 Å². The topological polar surface area (TPSA) is 260 Å². The van der Waals surface area contributed by atoms with E-state index in [2.05, 4.69) is 31.2 Å². The molecule has 0 spiro atoms. The number of aromatic hydroxyl groups is 1. The molecule has 0 saturated heterocycles. The molecule has 0 bridgehead atoms. The normalized spacial score (nSPS) is 13.2. The zero-order valence-electron chi connectivity index (χ0n) is 27.7. The lowest BCUT2D eigenvalue weighted by atomic mass is 10.0. The van der Waals surface area contributed by atoms with E-state index in [1.54, 1.807) is 18.3 Å². The fourth-order valence-electron chi connectivity index (χ4n) is 5.25. The molecule has 5 amide bonds. The average molecular weight is 702 g/mol. The van der Waals surface area contributed by atoms with Gasteiger partial charge in [0.1, 0.15) is 35.7 Å². The number of primary amides is 1. The van der Waals surface area contributed by atoms with Crippen LogP contribution in [0.25, 0.3) is 10.9 Å². The SMILES string of the molecule is C[C@H](NC(=O)[C@H](Cc1ccc(O)cc1)N=C(N)N)C(=O)NCC(=O)N[C@@H](Cc1c[nH]c2ccccc12)C(=O)N[C@@H](Cc1ccc(F)cc1)C(N)=O. The molecule has 51 heavy (non-hydrogen) atoms. The van der Waals surface area contributed by atoms with Crippen LogP contribution in [0.2, 0.25) is 0 Å². The molecule has 16 heteroatoms. The number of para-hydroxylation sites is 1. The first-order valence-corrected chi connectivity index (χ1v) is 15.9. The largest absolute Gasteiger partial charge is 0.508 e. The lowest BCUT2D eigenvalue weighted by Crippen LogP contribution is -2.56. The molecule has 0 radical (unpaired) electrons. The summed E-state index contributed by atoms with van der Waals surface area (Å²) in [5, 5.41) is 20.5. The highest BCUT2D eigenvalue weighted by atomic mass is 19.1. The molecule has 0 fully saturated rings. The average Bonchev–Trinajstić information content (AvgIpc) is 3.50. The quantitative estimate of drug-likeness (QED) is 0.0555. The van der Waals surface area contributed by atoms with Crippen molar-refractivity contribution >= 4 is 46.4 Å². The number of amides is 5. The summed E-state index contributed by atoms with van der Waals surface area (Å²) in [4.78, 5) is 71.9. The Bertz CT molecular complexity index is 1890. The summed E-state index contributed by atoms with van der Waals surface area (Å²) in [6, 6.07) is 14.2. The van der Waals surface area contributed by atoms with E-state index in [1.165, 1.54) is 43.3 Å². The Morgan fingerprint density at radius 1 is 0.784 bits per heavy atom. The third kappa shape index (κ3) is 11.0. The van der Waals surface area contributed by atoms with Crippen molar-refractivity contribution in [2.75, 3.05) is 6.54 Å². The number of H-pyrrole nitrogens is 1. The van der Waals surface area contributed by atoms with Gasteiger partial charge in [-0.05, 0) is 53.9 Å². The van der Waals surface area contributed by atoms with Gasteiger partial charge in [-0.25, -0.2) is 9.38 Å². The summed E-state index contributed by atoms with van der Waals surface area (Å²) in [5.41, 5.74) is 19.3. The molecule has 15 nitrogen and oxygen atoms in total. The van der Waals surface area contributed by atoms with Gasteiger partial charge in [-0.3, -0.25) is 24.0 Å². The molecule has 0 aliphatic heterocycles. The molecule has 4 rings (SSSR count). The predicted octanol–water partition coefficient (Wildman–Crippen LogP) is -0.242. The standard InChI is InChI=1S/C35H40FN9O6/c1-19(42-33(50)28(45-35(38)39)15-21-8-12-24(46)13-9-21)32(49)41-18-30(47)43-29(16-22-17-40-26-5-3-2-4-25(22)26)34(51)44-27(31(37)48)14-20-6-10-23(36)11-7-20/h2-13,17,19,27-29,40,46H,14-16,18H2,1H3,(H2,37,48)(H,41,49)(H,42,50)(H,43,47)(H,44,51)(H4,38,39,45)/t19-,27-,28-,29-/m0/s1. The molecule has 1 heterocycles. The smallest absolute Gasteiger partial charge is 0.245 e. The Hall–Kier alpha value is -6.45. The molecule has 1 aromatic heterocycles. The number of carbonyl (C=O) groups excluding carboxylic acids is 5. The zero-order chi connectivity index (χ0) is 37.1. The number of aliphatic imine (C=N–C) groups is 1. The number of guanidine groups is 1. The van der Waals surface area contributed by atoms with E-state index in [9.17, 15) is 33.5 Å². The fraction of sp³-hybridized carbons (Fsp3) is 0.257. The number of hydrogen-bond donors (Lipinski definition) is 9. The van der Waals surface area contributed by atoms with Crippen molar-refractivity contribution in [3.63, 3.8) is 0 Å². The Morgan fingerprint density at radius 3 is 2.10 bits per heavy atom. The van der Waals surface area contributed by atoms with Crippen LogP contribution >= 0.6 is 0 Å². The van der Waals surface area contributed by atoms with Gasteiger partial charge in [-0.15, -0.1) is 0 Å². The highest BCUT2D eigenvalue weighted by Gasteiger charge is 2.28. The first-order chi connectivity index (χ1) is 24.3. The van der Waals surface area contributed by atoms with Crippen LogP contribution in [-0.4, -0.2) is 76.3 Å². The van der Waals surface area contributed by atoms with E-state index < -0.39 is 66.1 Å². The Morgan fingerprint density at radius 2 is 1.43 bits per heavy atom. The van der Waals surface area contributed by atoms with Gasteiger partial charge >= 0.3 is 0 Å². The van der Waals surface area contributed by atoms with Crippen molar-refractivity contribution in [1.82, 2.24) is 26.3 Å². The summed E-state index contributed by atoms with van der Waals surface area (Å²) in [6.45, 7) is 0.840. The van der Waals surface area contributed by atoms with Crippen LogP contribution in [0.1, 0.15) is 23.6 Å². The summed E-state index contributed by atoms with van der Waals surface area (Å²) < 4.78 is 13.4. The van der Waals surface area contributed by atoms with Crippen LogP contribution in [-0.2, 0) is 43.2 Å². The monoisotopic (exact) mass is 701 g/mol. The molecule has 0 aliphatic rings. The number of aromatic nitrogens is 1. The van der Waals surface area contributed by atoms with Crippen molar-refractivity contribution < 1.29 is 33.5 Å². The molecule has 0 aliphatic carbocycles. The van der Waals surface area contributed by atoms with Gasteiger partial charge in [0.25, 0.3) is 0 Å². The summed E-state index contributed by atoms with van der Waals surface area (Å²) in [5.74, 6) is -4.43. The number of phenolic OH excluding ortho intramolecular Hbond substituents is 1. The van der Waals surface area contributed by atoms with Gasteiger partial charge in [-0.1, -0.05) is 42.5 Å². The number of halogens is 1. The summed E-state index contributed by atoms with van der Waals surface area (Å²) in [6.07, 6.45) is 1.76. The minimum atomic E-state index is -1.21. The Labute approximate surface area is 292 Å². The number of nitrogens with zero attached hydrogens (tertiary/aromatic N) is 1. The summed E-state index contributed by atoms with van der Waals surface area (Å²) in [7, 11) is 0. The number of rotatable bonds is 16. The molecule has 0 saturated carbocycles. The molecule has 268 valence electrons. The molecule has 0 unspecified atom stereocenters. The molecule has 3 aromatic carbocycles. The number of nitrogens with one attached hydrogen (secondary N) is 5. The van der Waals surface area contributed by atoms with Gasteiger partial charge < -0.3 is 48.6 Å². The second-order valence-electron chi connectivity index (χ2n) is 11.9. The lowest BCUT2D eigenvalue weighted by molar-refractivity contribution is -0.132. The van der Waals surface area contributed by atoms with Gasteiger partial charge in [0, 0.05) is 36.4 Å². The second-order valence-corrected chi connectivity index (χ2v) is 11.9. The highest BCUT2D eigenvalue weighted by molar-refractivity contribution is 5.95. The number of benzene rings is 3. The highest BCUT2D eigenvalue weighted by Crippen LogP contribution is 2.19. The van der Waals surface area contributed by atoms with E-state index in [-0.39, 0.29) is 31.0 Å². The minimum absolute atomic E-state index is 0.0111. The first kappa shape index (κ1) is 37.4. The second kappa shape index (κ2) is 17.3. The molecule has 12 N–H and O–H groups in total. The van der Waals surface area contributed by atoms with E-state index in [0.29, 0.717) is 16.7 Å². The number of hydrogen-bond acceptors (Lipinski definition) is 7.